The molecule has 0 saturated heterocycles. The molecule has 2 aromatic heterocycles. The zero-order valence-corrected chi connectivity index (χ0v) is 33.6. The van der Waals surface area contributed by atoms with Crippen LogP contribution >= 0.6 is 34.8 Å². The van der Waals surface area contributed by atoms with E-state index in [1.165, 1.54) is 29.2 Å². The van der Waals surface area contributed by atoms with Crippen LogP contribution in [0.15, 0.2) is 61.2 Å². The van der Waals surface area contributed by atoms with E-state index in [2.05, 4.69) is 40.5 Å². The lowest BCUT2D eigenvalue weighted by atomic mass is 10.1. The number of sulfone groups is 2. The van der Waals surface area contributed by atoms with Crippen LogP contribution in [0.1, 0.15) is 0 Å². The second kappa shape index (κ2) is 16.7. The van der Waals surface area contributed by atoms with Gasteiger partial charge in [0.1, 0.15) is 21.2 Å². The number of anilines is 3. The number of rotatable bonds is 17. The van der Waals surface area contributed by atoms with Gasteiger partial charge in [0.15, 0.2) is 25.4 Å². The average molecular weight is 917 g/mol. The van der Waals surface area contributed by atoms with Gasteiger partial charge in [-0.25, -0.2) is 21.6 Å². The van der Waals surface area contributed by atoms with Gasteiger partial charge in [0, 0.05) is 35.9 Å². The molecule has 0 aliphatic carbocycles. The number of aromatic nitrogens is 5. The predicted octanol–water partition coefficient (Wildman–Crippen LogP) is 3.32. The van der Waals surface area contributed by atoms with Gasteiger partial charge in [-0.1, -0.05) is 0 Å². The number of imidazole rings is 1. The summed E-state index contributed by atoms with van der Waals surface area (Å²) in [4.78, 5) is 28.0. The number of hydrogen-bond acceptors (Lipinski definition) is 17. The summed E-state index contributed by atoms with van der Waals surface area (Å²) in [6, 6.07) is 7.12. The molecule has 5 aromatic rings. The van der Waals surface area contributed by atoms with Crippen LogP contribution in [-0.4, -0.2) is 121 Å². The number of aromatic amines is 2. The highest BCUT2D eigenvalue weighted by atomic mass is 35.5. The number of nitrogens with one attached hydrogen (secondary N) is 3. The fourth-order valence-corrected chi connectivity index (χ4v) is 10.0. The Morgan fingerprint density at radius 3 is 2.02 bits per heavy atom. The topological polar surface area (TPSA) is 325 Å². The molecule has 0 radical (unpaired) electrons. The number of H-pyrrole nitrogens is 2. The standard InChI is InChI=1S/C28H28Cl3N9O12S4/c29-5-9-53(43,44)11-7-40(8-12-54(45,46)10-6-30)27-36-25(31)35-26(37-27)32-16-1-2-17-15(13-16)14-20(55(47,48)49)22(23(17)41)39-38-19-4-3-18-21(34-28(42)33-18)24(19)56(50,51)52/h1-4,13-14,41H,5-12H2,(H2,33,34,42)(H,47,48,49)(H,50,51,52)(H,32,35,36,37). The zero-order chi connectivity index (χ0) is 41.2. The lowest BCUT2D eigenvalue weighted by molar-refractivity contribution is 0.472. The molecule has 0 spiro atoms. The minimum Gasteiger partial charge on any atom is -0.505 e. The molecule has 0 amide bonds. The number of nitrogens with zero attached hydrogens (tertiary/aromatic N) is 6. The first-order valence-electron chi connectivity index (χ1n) is 15.5. The highest BCUT2D eigenvalue weighted by Gasteiger charge is 2.26. The Morgan fingerprint density at radius 2 is 1.43 bits per heavy atom. The zero-order valence-electron chi connectivity index (χ0n) is 28.1. The lowest BCUT2D eigenvalue weighted by Crippen LogP contribution is -2.36. The first-order chi connectivity index (χ1) is 26.1. The van der Waals surface area contributed by atoms with Crippen molar-refractivity contribution in [2.45, 2.75) is 9.79 Å². The number of aromatic hydroxyl groups is 1. The van der Waals surface area contributed by atoms with E-state index in [-0.39, 0.29) is 81.0 Å². The van der Waals surface area contributed by atoms with E-state index in [4.69, 9.17) is 34.8 Å². The van der Waals surface area contributed by atoms with Gasteiger partial charge in [-0.3, -0.25) is 9.11 Å². The number of hydrogen-bond donors (Lipinski definition) is 6. The number of fused-ring (bicyclic) bond motifs is 2. The quantitative estimate of drug-likeness (QED) is 0.0443. The van der Waals surface area contributed by atoms with Gasteiger partial charge in [0.2, 0.25) is 17.2 Å². The molecule has 0 atom stereocenters. The molecular weight excluding hydrogens is 889 g/mol. The monoisotopic (exact) mass is 915 g/mol. The van der Waals surface area contributed by atoms with E-state index in [1.54, 1.807) is 0 Å². The third-order valence-electron chi connectivity index (χ3n) is 7.72. The van der Waals surface area contributed by atoms with Crippen LogP contribution in [0.5, 0.6) is 5.75 Å². The summed E-state index contributed by atoms with van der Waals surface area (Å²) in [6.45, 7) is -0.500. The molecule has 3 aromatic carbocycles. The second-order valence-corrected chi connectivity index (χ2v) is 20.0. The lowest BCUT2D eigenvalue weighted by Gasteiger charge is -2.23. The Labute approximate surface area is 332 Å². The number of phenols is 1. The summed E-state index contributed by atoms with van der Waals surface area (Å²) in [5.74, 6) is -3.10. The molecule has 0 bridgehead atoms. The summed E-state index contributed by atoms with van der Waals surface area (Å²) >= 11 is 17.4. The molecule has 0 unspecified atom stereocenters. The molecule has 0 saturated carbocycles. The van der Waals surface area contributed by atoms with Gasteiger partial charge in [0.25, 0.3) is 20.2 Å². The molecule has 6 N–H and O–H groups in total. The van der Waals surface area contributed by atoms with Crippen LogP contribution in [0.4, 0.5) is 29.0 Å². The molecule has 302 valence electrons. The van der Waals surface area contributed by atoms with E-state index in [9.17, 15) is 52.7 Å². The number of phenolic OH excluding ortho intramolecular Hbond substituents is 1. The van der Waals surface area contributed by atoms with Gasteiger partial charge >= 0.3 is 5.69 Å². The fourth-order valence-electron chi connectivity index (χ4n) is 5.15. The molecule has 0 fully saturated rings. The van der Waals surface area contributed by atoms with Gasteiger partial charge in [-0.15, -0.1) is 33.4 Å². The Morgan fingerprint density at radius 1 is 0.786 bits per heavy atom. The van der Waals surface area contributed by atoms with Crippen molar-refractivity contribution in [3.05, 3.63) is 52.2 Å². The maximum absolute atomic E-state index is 12.5. The largest absolute Gasteiger partial charge is 0.505 e. The summed E-state index contributed by atoms with van der Waals surface area (Å²) in [5, 5.41) is 20.9. The van der Waals surface area contributed by atoms with Gasteiger partial charge in [-0.2, -0.15) is 31.8 Å². The smallest absolute Gasteiger partial charge is 0.323 e. The van der Waals surface area contributed by atoms with Crippen molar-refractivity contribution in [3.8, 4) is 5.75 Å². The molecule has 56 heavy (non-hydrogen) atoms. The first kappa shape index (κ1) is 42.9. The molecule has 0 aliphatic rings. The van der Waals surface area contributed by atoms with E-state index in [1.807, 2.05) is 0 Å². The van der Waals surface area contributed by atoms with Crippen LogP contribution in [-0.2, 0) is 39.9 Å². The van der Waals surface area contributed by atoms with Gasteiger partial charge < -0.3 is 25.3 Å². The molecule has 2 heterocycles. The van der Waals surface area contributed by atoms with Gasteiger partial charge in [-0.05, 0) is 53.4 Å². The predicted molar refractivity (Wildman–Crippen MR) is 207 cm³/mol. The van der Waals surface area contributed by atoms with Crippen LogP contribution in [0, 0.1) is 0 Å². The van der Waals surface area contributed by atoms with Crippen LogP contribution in [0.2, 0.25) is 5.28 Å². The van der Waals surface area contributed by atoms with Crippen molar-refractivity contribution >= 4 is 125 Å². The second-order valence-electron chi connectivity index (χ2n) is 11.6. The van der Waals surface area contributed by atoms with E-state index in [0.717, 1.165) is 12.1 Å². The molecule has 21 nitrogen and oxygen atoms in total. The summed E-state index contributed by atoms with van der Waals surface area (Å²) < 4.78 is 119. The van der Waals surface area contributed by atoms with E-state index >= 15 is 0 Å². The highest BCUT2D eigenvalue weighted by Crippen LogP contribution is 2.43. The van der Waals surface area contributed by atoms with Crippen LogP contribution in [0.3, 0.4) is 0 Å². The van der Waals surface area contributed by atoms with E-state index < -0.39 is 84.0 Å². The molecule has 28 heteroatoms. The SMILES string of the molecule is O=c1[nH]c2ccc(N=Nc3c(S(=O)(=O)O)cc4cc(Nc5nc(Cl)nc(N(CCS(=O)(=O)CCCl)CCS(=O)(=O)CCCl)n5)ccc4c3O)c(S(=O)(=O)O)c2[nH]1. The third kappa shape index (κ3) is 10.4. The number of azo groups is 1. The Bertz CT molecular complexity index is 2830. The summed E-state index contributed by atoms with van der Waals surface area (Å²) in [5.41, 5.74) is -2.44. The summed E-state index contributed by atoms with van der Waals surface area (Å²) in [6.07, 6.45) is 0. The van der Waals surface area contributed by atoms with E-state index in [0.29, 0.717) is 0 Å². The van der Waals surface area contributed by atoms with Crippen LogP contribution in [0.25, 0.3) is 21.8 Å². The Hall–Kier alpha value is -4.21. The Kier molecular flexibility index (Phi) is 12.8. The van der Waals surface area contributed by atoms with Crippen molar-refractivity contribution in [2.75, 3.05) is 58.1 Å². The molecule has 5 rings (SSSR count). The van der Waals surface area contributed by atoms with Crippen molar-refractivity contribution in [1.82, 2.24) is 24.9 Å². The molecule has 0 aliphatic heterocycles. The minimum atomic E-state index is -5.16. The van der Waals surface area contributed by atoms with Crippen molar-refractivity contribution in [2.24, 2.45) is 10.2 Å². The first-order valence-corrected chi connectivity index (χ1v) is 23.5. The number of alkyl halides is 2. The highest BCUT2D eigenvalue weighted by molar-refractivity contribution is 7.91. The number of benzene rings is 3. The van der Waals surface area contributed by atoms with Gasteiger partial charge in [0.05, 0.1) is 34.0 Å². The average Bonchev–Trinajstić information content (AvgIpc) is 3.46. The maximum atomic E-state index is 12.5. The maximum Gasteiger partial charge on any atom is 0.323 e. The minimum absolute atomic E-state index is 0.0139. The van der Waals surface area contributed by atoms with Crippen molar-refractivity contribution in [3.63, 3.8) is 0 Å². The third-order valence-corrected chi connectivity index (χ3v) is 13.8. The summed E-state index contributed by atoms with van der Waals surface area (Å²) in [7, 11) is -17.5. The Balaban J connectivity index is 1.52. The normalized spacial score (nSPS) is 12.9. The molecular formula is C28H28Cl3N9O12S4. The van der Waals surface area contributed by atoms with Crippen LogP contribution < -0.4 is 15.9 Å². The fraction of sp³-hybridized carbons (Fsp3) is 0.286. The van der Waals surface area contributed by atoms with Crippen molar-refractivity contribution < 1.29 is 47.9 Å². The number of halogens is 3. The van der Waals surface area contributed by atoms with Crippen molar-refractivity contribution in [1.29, 1.82) is 0 Å².